The molecule has 0 aliphatic heterocycles. The van der Waals surface area contributed by atoms with E-state index in [2.05, 4.69) is 0 Å². The molecule has 134 valence electrons. The number of hydrogen-bond acceptors (Lipinski definition) is 4. The van der Waals surface area contributed by atoms with Gasteiger partial charge in [-0.15, -0.1) is 0 Å². The van der Waals surface area contributed by atoms with E-state index in [0.29, 0.717) is 36.3 Å². The van der Waals surface area contributed by atoms with Crippen molar-refractivity contribution in [2.45, 2.75) is 59.8 Å². The van der Waals surface area contributed by atoms with E-state index in [4.69, 9.17) is 9.84 Å². The SMILES string of the molecule is CCCc1c(OCCCCC(C)(C)C(=O)O)ccc(C(C)=O)c1O. The topological polar surface area (TPSA) is 83.8 Å². The van der Waals surface area contributed by atoms with Crippen LogP contribution in [-0.4, -0.2) is 28.6 Å². The minimum Gasteiger partial charge on any atom is -0.507 e. The normalized spacial score (nSPS) is 11.3. The third kappa shape index (κ3) is 5.25. The second kappa shape index (κ2) is 8.71. The molecule has 1 aromatic rings. The number of phenolic OH excluding ortho intramolecular Hbond substituents is 1. The number of benzene rings is 1. The van der Waals surface area contributed by atoms with Crippen LogP contribution in [0.2, 0.25) is 0 Å². The summed E-state index contributed by atoms with van der Waals surface area (Å²) in [6, 6.07) is 3.31. The van der Waals surface area contributed by atoms with Crippen molar-refractivity contribution in [3.8, 4) is 11.5 Å². The second-order valence-corrected chi connectivity index (χ2v) is 6.74. The van der Waals surface area contributed by atoms with Crippen LogP contribution in [-0.2, 0) is 11.2 Å². The molecule has 0 aliphatic carbocycles. The number of carbonyl (C=O) groups is 2. The van der Waals surface area contributed by atoms with Crippen LogP contribution in [0.3, 0.4) is 0 Å². The number of rotatable bonds is 10. The fourth-order valence-electron chi connectivity index (χ4n) is 2.49. The predicted molar refractivity (Wildman–Crippen MR) is 92.9 cm³/mol. The number of unbranched alkanes of at least 4 members (excludes halogenated alkanes) is 1. The molecule has 0 fully saturated rings. The number of Topliss-reactive ketones (excluding diaryl/α,β-unsaturated/α-hetero) is 1. The summed E-state index contributed by atoms with van der Waals surface area (Å²) < 4.78 is 5.76. The third-order valence-electron chi connectivity index (χ3n) is 4.15. The van der Waals surface area contributed by atoms with Crippen molar-refractivity contribution in [1.29, 1.82) is 0 Å². The Morgan fingerprint density at radius 2 is 1.88 bits per heavy atom. The molecule has 24 heavy (non-hydrogen) atoms. The van der Waals surface area contributed by atoms with E-state index in [1.54, 1.807) is 26.0 Å². The van der Waals surface area contributed by atoms with E-state index in [0.717, 1.165) is 19.3 Å². The zero-order valence-electron chi connectivity index (χ0n) is 15.0. The maximum atomic E-state index is 11.5. The van der Waals surface area contributed by atoms with Crippen molar-refractivity contribution in [2.75, 3.05) is 6.61 Å². The summed E-state index contributed by atoms with van der Waals surface area (Å²) in [6.45, 7) is 7.31. The van der Waals surface area contributed by atoms with Gasteiger partial charge in [0.1, 0.15) is 11.5 Å². The molecule has 0 unspecified atom stereocenters. The molecule has 0 spiro atoms. The van der Waals surface area contributed by atoms with E-state index < -0.39 is 11.4 Å². The Hall–Kier alpha value is -2.04. The zero-order chi connectivity index (χ0) is 18.3. The van der Waals surface area contributed by atoms with E-state index in [9.17, 15) is 14.7 Å². The molecule has 1 aromatic carbocycles. The van der Waals surface area contributed by atoms with E-state index >= 15 is 0 Å². The standard InChI is InChI=1S/C19H28O5/c1-5-8-15-16(10-9-14(13(2)20)17(15)21)24-12-7-6-11-19(3,4)18(22)23/h9-10,21H,5-8,11-12H2,1-4H3,(H,22,23). The Morgan fingerprint density at radius 1 is 1.21 bits per heavy atom. The van der Waals surface area contributed by atoms with E-state index in [-0.39, 0.29) is 11.5 Å². The average Bonchev–Trinajstić information content (AvgIpc) is 2.49. The van der Waals surface area contributed by atoms with Gasteiger partial charge < -0.3 is 14.9 Å². The number of carboxylic acid groups (broad SMARTS) is 1. The molecule has 5 nitrogen and oxygen atoms in total. The molecule has 0 amide bonds. The maximum absolute atomic E-state index is 11.5. The number of carbonyl (C=O) groups excluding carboxylic acids is 1. The number of aromatic hydroxyl groups is 1. The van der Waals surface area contributed by atoms with Crippen LogP contribution in [0.4, 0.5) is 0 Å². The summed E-state index contributed by atoms with van der Waals surface area (Å²) in [6.07, 6.45) is 3.53. The van der Waals surface area contributed by atoms with Crippen LogP contribution in [0.15, 0.2) is 12.1 Å². The highest BCUT2D eigenvalue weighted by Crippen LogP contribution is 2.33. The van der Waals surface area contributed by atoms with Gasteiger partial charge in [-0.25, -0.2) is 0 Å². The lowest BCUT2D eigenvalue weighted by Crippen LogP contribution is -2.23. The first-order chi connectivity index (χ1) is 11.2. The summed E-state index contributed by atoms with van der Waals surface area (Å²) in [5.74, 6) is -0.364. The van der Waals surface area contributed by atoms with Crippen LogP contribution in [0.1, 0.15) is 69.3 Å². The Bertz CT molecular complexity index is 590. The van der Waals surface area contributed by atoms with Gasteiger partial charge in [0.05, 0.1) is 17.6 Å². The molecule has 5 heteroatoms. The van der Waals surface area contributed by atoms with Gasteiger partial charge >= 0.3 is 5.97 Å². The summed E-state index contributed by atoms with van der Waals surface area (Å²) in [4.78, 5) is 22.6. The van der Waals surface area contributed by atoms with Gasteiger partial charge in [0, 0.05) is 5.56 Å². The van der Waals surface area contributed by atoms with Crippen LogP contribution in [0, 0.1) is 5.41 Å². The third-order valence-corrected chi connectivity index (χ3v) is 4.15. The first kappa shape index (κ1) is 20.0. The Morgan fingerprint density at radius 3 is 2.42 bits per heavy atom. The smallest absolute Gasteiger partial charge is 0.309 e. The molecule has 0 aliphatic rings. The largest absolute Gasteiger partial charge is 0.507 e. The summed E-state index contributed by atoms with van der Waals surface area (Å²) in [7, 11) is 0. The Balaban J connectivity index is 2.66. The quantitative estimate of drug-likeness (QED) is 0.494. The lowest BCUT2D eigenvalue weighted by molar-refractivity contribution is -0.147. The van der Waals surface area contributed by atoms with Gasteiger partial charge in [0.2, 0.25) is 0 Å². The molecule has 0 heterocycles. The van der Waals surface area contributed by atoms with Crippen molar-refractivity contribution >= 4 is 11.8 Å². The molecule has 0 saturated heterocycles. The van der Waals surface area contributed by atoms with Crippen LogP contribution < -0.4 is 4.74 Å². The number of ether oxygens (including phenoxy) is 1. The highest BCUT2D eigenvalue weighted by molar-refractivity contribution is 5.97. The minimum absolute atomic E-state index is 0.00820. The molecule has 2 N–H and O–H groups in total. The van der Waals surface area contributed by atoms with E-state index in [1.165, 1.54) is 6.92 Å². The van der Waals surface area contributed by atoms with Crippen molar-refractivity contribution in [2.24, 2.45) is 5.41 Å². The highest BCUT2D eigenvalue weighted by Gasteiger charge is 2.26. The highest BCUT2D eigenvalue weighted by atomic mass is 16.5. The van der Waals surface area contributed by atoms with Gasteiger partial charge in [0.25, 0.3) is 0 Å². The van der Waals surface area contributed by atoms with Crippen molar-refractivity contribution in [3.63, 3.8) is 0 Å². The fraction of sp³-hybridized carbons (Fsp3) is 0.579. The number of hydrogen-bond donors (Lipinski definition) is 2. The molecule has 0 aromatic heterocycles. The predicted octanol–water partition coefficient (Wildman–Crippen LogP) is 4.21. The van der Waals surface area contributed by atoms with E-state index in [1.807, 2.05) is 6.92 Å². The number of phenols is 1. The molecule has 1 rings (SSSR count). The van der Waals surface area contributed by atoms with Crippen molar-refractivity contribution < 1.29 is 24.5 Å². The second-order valence-electron chi connectivity index (χ2n) is 6.74. The zero-order valence-corrected chi connectivity index (χ0v) is 15.0. The number of ketones is 1. The summed E-state index contributed by atoms with van der Waals surface area (Å²) >= 11 is 0. The van der Waals surface area contributed by atoms with Crippen molar-refractivity contribution in [3.05, 3.63) is 23.3 Å². The molecular formula is C19H28O5. The Kier molecular flexibility index (Phi) is 7.26. The van der Waals surface area contributed by atoms with Gasteiger partial charge in [-0.3, -0.25) is 9.59 Å². The molecule has 0 saturated carbocycles. The molecule has 0 bridgehead atoms. The maximum Gasteiger partial charge on any atom is 0.309 e. The van der Waals surface area contributed by atoms with Gasteiger partial charge in [0.15, 0.2) is 5.78 Å². The lowest BCUT2D eigenvalue weighted by Gasteiger charge is -2.19. The Labute approximate surface area is 143 Å². The summed E-state index contributed by atoms with van der Waals surface area (Å²) in [5, 5.41) is 19.4. The lowest BCUT2D eigenvalue weighted by atomic mass is 9.87. The minimum atomic E-state index is -0.793. The van der Waals surface area contributed by atoms with Gasteiger partial charge in [-0.05, 0) is 58.6 Å². The molecule has 0 radical (unpaired) electrons. The van der Waals surface area contributed by atoms with Crippen molar-refractivity contribution in [1.82, 2.24) is 0 Å². The van der Waals surface area contributed by atoms with Crippen LogP contribution >= 0.6 is 0 Å². The molecule has 0 atom stereocenters. The monoisotopic (exact) mass is 336 g/mol. The van der Waals surface area contributed by atoms with Crippen LogP contribution in [0.5, 0.6) is 11.5 Å². The first-order valence-electron chi connectivity index (χ1n) is 8.42. The summed E-state index contributed by atoms with van der Waals surface area (Å²) in [5.41, 5.74) is 0.250. The average molecular weight is 336 g/mol. The number of aliphatic carboxylic acids is 1. The fourth-order valence-corrected chi connectivity index (χ4v) is 2.49. The first-order valence-corrected chi connectivity index (χ1v) is 8.42. The molecular weight excluding hydrogens is 308 g/mol. The van der Waals surface area contributed by atoms with Gasteiger partial charge in [-0.2, -0.15) is 0 Å². The van der Waals surface area contributed by atoms with Gasteiger partial charge in [-0.1, -0.05) is 13.3 Å². The van der Waals surface area contributed by atoms with Crippen LogP contribution in [0.25, 0.3) is 0 Å². The number of carboxylic acids is 1.